The average Bonchev–Trinajstić information content (AvgIpc) is 2.11. The Kier molecular flexibility index (Phi) is 7.60. The Labute approximate surface area is 93.9 Å². The minimum Gasteiger partial charge on any atom is -0.393 e. The van der Waals surface area contributed by atoms with E-state index in [1.165, 1.54) is 0 Å². The lowest BCUT2D eigenvalue weighted by molar-refractivity contribution is -0.122. The molecule has 90 valence electrons. The number of rotatable bonds is 7. The van der Waals surface area contributed by atoms with Crippen LogP contribution in [0.4, 0.5) is 0 Å². The van der Waals surface area contributed by atoms with Gasteiger partial charge in [-0.1, -0.05) is 0 Å². The van der Waals surface area contributed by atoms with E-state index >= 15 is 0 Å². The fourth-order valence-corrected chi connectivity index (χ4v) is 1.79. The van der Waals surface area contributed by atoms with Gasteiger partial charge in [0.15, 0.2) is 0 Å². The van der Waals surface area contributed by atoms with Crippen LogP contribution in [0.2, 0.25) is 0 Å². The van der Waals surface area contributed by atoms with Crippen LogP contribution in [-0.2, 0) is 15.6 Å². The summed E-state index contributed by atoms with van der Waals surface area (Å²) in [6, 6.07) is 0.0513. The fourth-order valence-electron chi connectivity index (χ4n) is 1.10. The van der Waals surface area contributed by atoms with Crippen molar-refractivity contribution in [3.63, 3.8) is 0 Å². The SMILES string of the molecule is CC(O)CCC(=O)NC(C)CCS(C)=O. The van der Waals surface area contributed by atoms with Crippen molar-refractivity contribution in [2.75, 3.05) is 12.0 Å². The van der Waals surface area contributed by atoms with E-state index in [-0.39, 0.29) is 11.9 Å². The Morgan fingerprint density at radius 1 is 1.40 bits per heavy atom. The fraction of sp³-hybridized carbons (Fsp3) is 0.900. The Morgan fingerprint density at radius 3 is 2.47 bits per heavy atom. The molecule has 0 radical (unpaired) electrons. The van der Waals surface area contributed by atoms with Crippen LogP contribution in [0, 0.1) is 0 Å². The number of amides is 1. The molecule has 0 spiro atoms. The van der Waals surface area contributed by atoms with E-state index in [0.717, 1.165) is 6.42 Å². The van der Waals surface area contributed by atoms with Crippen LogP contribution in [0.3, 0.4) is 0 Å². The van der Waals surface area contributed by atoms with E-state index in [9.17, 15) is 9.00 Å². The number of hydrogen-bond acceptors (Lipinski definition) is 3. The quantitative estimate of drug-likeness (QED) is 0.672. The van der Waals surface area contributed by atoms with Crippen LogP contribution >= 0.6 is 0 Å². The molecule has 4 nitrogen and oxygen atoms in total. The Bertz CT molecular complexity index is 219. The van der Waals surface area contributed by atoms with E-state index in [2.05, 4.69) is 5.32 Å². The van der Waals surface area contributed by atoms with Crippen molar-refractivity contribution in [3.8, 4) is 0 Å². The number of hydrogen-bond donors (Lipinski definition) is 2. The number of aliphatic hydroxyl groups is 1. The van der Waals surface area contributed by atoms with Crippen molar-refractivity contribution in [2.24, 2.45) is 0 Å². The van der Waals surface area contributed by atoms with Gasteiger partial charge in [-0.15, -0.1) is 0 Å². The van der Waals surface area contributed by atoms with Crippen LogP contribution in [0.5, 0.6) is 0 Å². The second kappa shape index (κ2) is 7.82. The molecule has 3 atom stereocenters. The Hall–Kier alpha value is -0.420. The summed E-state index contributed by atoms with van der Waals surface area (Å²) >= 11 is 0. The largest absolute Gasteiger partial charge is 0.393 e. The van der Waals surface area contributed by atoms with E-state index in [4.69, 9.17) is 5.11 Å². The zero-order valence-corrected chi connectivity index (χ0v) is 10.5. The third-order valence-electron chi connectivity index (χ3n) is 2.03. The predicted octanol–water partition coefficient (Wildman–Crippen LogP) is 0.421. The molecular weight excluding hydrogens is 214 g/mol. The van der Waals surface area contributed by atoms with Gasteiger partial charge in [0, 0.05) is 35.3 Å². The first-order valence-corrected chi connectivity index (χ1v) is 6.92. The molecule has 0 aliphatic rings. The molecule has 0 aromatic carbocycles. The lowest BCUT2D eigenvalue weighted by Crippen LogP contribution is -2.33. The van der Waals surface area contributed by atoms with Gasteiger partial charge in [-0.2, -0.15) is 0 Å². The van der Waals surface area contributed by atoms with E-state index in [1.54, 1.807) is 13.2 Å². The summed E-state index contributed by atoms with van der Waals surface area (Å²) in [6.45, 7) is 3.56. The predicted molar refractivity (Wildman–Crippen MR) is 62.1 cm³/mol. The zero-order chi connectivity index (χ0) is 11.8. The van der Waals surface area contributed by atoms with Crippen molar-refractivity contribution in [1.82, 2.24) is 5.32 Å². The van der Waals surface area contributed by atoms with Gasteiger partial charge in [0.25, 0.3) is 0 Å². The smallest absolute Gasteiger partial charge is 0.220 e. The highest BCUT2D eigenvalue weighted by molar-refractivity contribution is 7.84. The van der Waals surface area contributed by atoms with Crippen molar-refractivity contribution in [1.29, 1.82) is 0 Å². The molecule has 5 heteroatoms. The molecular formula is C10H21NO3S. The van der Waals surface area contributed by atoms with E-state index in [1.807, 2.05) is 6.92 Å². The van der Waals surface area contributed by atoms with Crippen molar-refractivity contribution in [2.45, 2.75) is 45.3 Å². The van der Waals surface area contributed by atoms with Crippen LogP contribution in [0.1, 0.15) is 33.1 Å². The lowest BCUT2D eigenvalue weighted by atomic mass is 10.2. The van der Waals surface area contributed by atoms with Gasteiger partial charge in [0.1, 0.15) is 0 Å². The molecule has 3 unspecified atom stereocenters. The molecule has 0 fully saturated rings. The first-order valence-electron chi connectivity index (χ1n) is 5.19. The first-order chi connectivity index (χ1) is 6.91. The highest BCUT2D eigenvalue weighted by Gasteiger charge is 2.08. The maximum Gasteiger partial charge on any atom is 0.220 e. The van der Waals surface area contributed by atoms with E-state index < -0.39 is 16.9 Å². The molecule has 0 saturated carbocycles. The summed E-state index contributed by atoms with van der Waals surface area (Å²) < 4.78 is 10.8. The third kappa shape index (κ3) is 9.87. The summed E-state index contributed by atoms with van der Waals surface area (Å²) in [6.07, 6.45) is 2.77. The van der Waals surface area contributed by atoms with Crippen molar-refractivity contribution >= 4 is 16.7 Å². The molecule has 0 aliphatic carbocycles. The maximum absolute atomic E-state index is 11.3. The standard InChI is InChI=1S/C10H21NO3S/c1-8(6-7-15(3)14)11-10(13)5-4-9(2)12/h8-9,12H,4-7H2,1-3H3,(H,11,13). The molecule has 0 rings (SSSR count). The van der Waals surface area contributed by atoms with Crippen LogP contribution < -0.4 is 5.32 Å². The van der Waals surface area contributed by atoms with Crippen molar-refractivity contribution in [3.05, 3.63) is 0 Å². The number of aliphatic hydroxyl groups excluding tert-OH is 1. The second-order valence-electron chi connectivity index (χ2n) is 3.92. The number of carbonyl (C=O) groups excluding carboxylic acids is 1. The molecule has 0 aromatic rings. The number of nitrogens with one attached hydrogen (secondary N) is 1. The molecule has 1 amide bonds. The van der Waals surface area contributed by atoms with Gasteiger partial charge in [0.2, 0.25) is 5.91 Å². The first kappa shape index (κ1) is 14.6. The summed E-state index contributed by atoms with van der Waals surface area (Å²) in [4.78, 5) is 11.3. The molecule has 0 aliphatic heterocycles. The third-order valence-corrected chi connectivity index (χ3v) is 2.85. The summed E-state index contributed by atoms with van der Waals surface area (Å²) in [5.41, 5.74) is 0. The molecule has 0 saturated heterocycles. The monoisotopic (exact) mass is 235 g/mol. The molecule has 2 N–H and O–H groups in total. The zero-order valence-electron chi connectivity index (χ0n) is 9.66. The van der Waals surface area contributed by atoms with Crippen LogP contribution in [0.15, 0.2) is 0 Å². The average molecular weight is 235 g/mol. The second-order valence-corrected chi connectivity index (χ2v) is 5.48. The normalized spacial score (nSPS) is 16.8. The minimum atomic E-state index is -0.803. The molecule has 0 bridgehead atoms. The lowest BCUT2D eigenvalue weighted by Gasteiger charge is -2.13. The van der Waals surface area contributed by atoms with Gasteiger partial charge < -0.3 is 10.4 Å². The highest BCUT2D eigenvalue weighted by Crippen LogP contribution is 1.98. The molecule has 15 heavy (non-hydrogen) atoms. The topological polar surface area (TPSA) is 66.4 Å². The summed E-state index contributed by atoms with van der Waals surface area (Å²) in [5, 5.41) is 11.8. The Balaban J connectivity index is 3.62. The van der Waals surface area contributed by atoms with Gasteiger partial charge in [-0.05, 0) is 26.7 Å². The summed E-state index contributed by atoms with van der Waals surface area (Å²) in [7, 11) is -0.803. The maximum atomic E-state index is 11.3. The van der Waals surface area contributed by atoms with Gasteiger partial charge in [0.05, 0.1) is 6.10 Å². The summed E-state index contributed by atoms with van der Waals surface area (Å²) in [5.74, 6) is 0.558. The van der Waals surface area contributed by atoms with Gasteiger partial charge in [-0.25, -0.2) is 0 Å². The minimum absolute atomic E-state index is 0.0507. The Morgan fingerprint density at radius 2 is 2.00 bits per heavy atom. The highest BCUT2D eigenvalue weighted by atomic mass is 32.2. The molecule has 0 aromatic heterocycles. The van der Waals surface area contributed by atoms with Gasteiger partial charge in [-0.3, -0.25) is 9.00 Å². The van der Waals surface area contributed by atoms with Crippen LogP contribution in [-0.4, -0.2) is 39.4 Å². The van der Waals surface area contributed by atoms with Crippen molar-refractivity contribution < 1.29 is 14.1 Å². The van der Waals surface area contributed by atoms with Crippen LogP contribution in [0.25, 0.3) is 0 Å². The van der Waals surface area contributed by atoms with E-state index in [0.29, 0.717) is 18.6 Å². The van der Waals surface area contributed by atoms with Gasteiger partial charge >= 0.3 is 0 Å². The molecule has 0 heterocycles. The number of carbonyl (C=O) groups is 1.